The maximum atomic E-state index is 12.6. The highest BCUT2D eigenvalue weighted by Crippen LogP contribution is 2.32. The van der Waals surface area contributed by atoms with E-state index in [0.717, 1.165) is 28.9 Å². The monoisotopic (exact) mass is 372 g/mol. The number of aromatic amines is 1. The Bertz CT molecular complexity index is 933. The van der Waals surface area contributed by atoms with E-state index in [0.29, 0.717) is 23.8 Å². The first-order chi connectivity index (χ1) is 12.1. The number of amides is 2. The van der Waals surface area contributed by atoms with Crippen molar-refractivity contribution in [3.8, 4) is 11.3 Å². The van der Waals surface area contributed by atoms with E-state index in [9.17, 15) is 4.79 Å². The van der Waals surface area contributed by atoms with Gasteiger partial charge in [-0.05, 0) is 36.6 Å². The molecule has 2 N–H and O–H groups in total. The fourth-order valence-corrected chi connectivity index (χ4v) is 3.98. The normalized spacial score (nSPS) is 13.6. The number of H-pyrrole nitrogens is 1. The lowest BCUT2D eigenvalue weighted by atomic mass is 10.0. The summed E-state index contributed by atoms with van der Waals surface area (Å²) < 4.78 is 0. The maximum absolute atomic E-state index is 12.6. The number of hydrogen-bond acceptors (Lipinski definition) is 3. The predicted molar refractivity (Wildman–Crippen MR) is 101 cm³/mol. The topological polar surface area (TPSA) is 61.0 Å². The summed E-state index contributed by atoms with van der Waals surface area (Å²) in [5.74, 6) is 0. The summed E-state index contributed by atoms with van der Waals surface area (Å²) in [7, 11) is 0. The Morgan fingerprint density at radius 2 is 2.28 bits per heavy atom. The van der Waals surface area contributed by atoms with Gasteiger partial charge in [-0.3, -0.25) is 5.10 Å². The Hall–Kier alpha value is -2.31. The predicted octanol–water partition coefficient (Wildman–Crippen LogP) is 4.69. The first-order valence-corrected chi connectivity index (χ1v) is 9.29. The molecule has 5 nitrogen and oxygen atoms in total. The SMILES string of the molecule is Cc1sccc1-c1n[nH]c2c1CN(C(=O)Nc1cccc(Cl)c1)CC2. The van der Waals surface area contributed by atoms with Crippen molar-refractivity contribution in [3.63, 3.8) is 0 Å². The molecule has 0 aliphatic carbocycles. The van der Waals surface area contributed by atoms with Gasteiger partial charge in [-0.2, -0.15) is 5.10 Å². The van der Waals surface area contributed by atoms with Gasteiger partial charge < -0.3 is 10.2 Å². The molecule has 4 rings (SSSR count). The number of halogens is 1. The van der Waals surface area contributed by atoms with Crippen LogP contribution in [0, 0.1) is 6.92 Å². The standard InChI is InChI=1S/C18H17ClN4OS/c1-11-14(6-8-25-11)17-15-10-23(7-5-16(15)21-22-17)18(24)20-13-4-2-3-12(19)9-13/h2-4,6,8-9H,5,7,10H2,1H3,(H,20,24)(H,21,22). The van der Waals surface area contributed by atoms with Gasteiger partial charge in [0.05, 0.1) is 12.2 Å². The quantitative estimate of drug-likeness (QED) is 0.685. The highest BCUT2D eigenvalue weighted by atomic mass is 35.5. The molecule has 1 aromatic carbocycles. The molecule has 0 unspecified atom stereocenters. The van der Waals surface area contributed by atoms with Crippen molar-refractivity contribution in [3.05, 3.63) is 56.9 Å². The molecule has 3 heterocycles. The molecule has 0 bridgehead atoms. The van der Waals surface area contributed by atoms with Crippen molar-refractivity contribution < 1.29 is 4.79 Å². The summed E-state index contributed by atoms with van der Waals surface area (Å²) in [6, 6.07) is 9.14. The fraction of sp³-hybridized carbons (Fsp3) is 0.222. The van der Waals surface area contributed by atoms with E-state index >= 15 is 0 Å². The molecule has 0 saturated carbocycles. The van der Waals surface area contributed by atoms with E-state index in [2.05, 4.69) is 33.9 Å². The van der Waals surface area contributed by atoms with E-state index in [1.807, 2.05) is 17.0 Å². The molecule has 0 atom stereocenters. The Morgan fingerprint density at radius 1 is 1.40 bits per heavy atom. The van der Waals surface area contributed by atoms with Crippen LogP contribution < -0.4 is 5.32 Å². The average molecular weight is 373 g/mol. The molecule has 0 radical (unpaired) electrons. The van der Waals surface area contributed by atoms with Crippen LogP contribution in [0.25, 0.3) is 11.3 Å². The number of urea groups is 1. The first-order valence-electron chi connectivity index (χ1n) is 8.04. The number of rotatable bonds is 2. The van der Waals surface area contributed by atoms with E-state index < -0.39 is 0 Å². The first kappa shape index (κ1) is 16.2. The van der Waals surface area contributed by atoms with E-state index in [1.165, 1.54) is 4.88 Å². The molecule has 2 aromatic heterocycles. The van der Waals surface area contributed by atoms with Crippen molar-refractivity contribution >= 4 is 34.7 Å². The number of benzene rings is 1. The van der Waals surface area contributed by atoms with Crippen LogP contribution in [0.4, 0.5) is 10.5 Å². The molecule has 0 spiro atoms. The molecule has 3 aromatic rings. The number of aromatic nitrogens is 2. The summed E-state index contributed by atoms with van der Waals surface area (Å²) in [5, 5.41) is 13.2. The molecular weight excluding hydrogens is 356 g/mol. The van der Waals surface area contributed by atoms with Crippen molar-refractivity contribution in [2.45, 2.75) is 19.9 Å². The smallest absolute Gasteiger partial charge is 0.320 e. The summed E-state index contributed by atoms with van der Waals surface area (Å²) in [6.45, 7) is 3.29. The molecular formula is C18H17ClN4OS. The molecule has 25 heavy (non-hydrogen) atoms. The lowest BCUT2D eigenvalue weighted by Gasteiger charge is -2.27. The third-order valence-corrected chi connectivity index (χ3v) is 5.49. The van der Waals surface area contributed by atoms with Crippen molar-refractivity contribution in [2.24, 2.45) is 0 Å². The van der Waals surface area contributed by atoms with Gasteiger partial charge >= 0.3 is 6.03 Å². The highest BCUT2D eigenvalue weighted by molar-refractivity contribution is 7.10. The van der Waals surface area contributed by atoms with Gasteiger partial charge in [0.25, 0.3) is 0 Å². The van der Waals surface area contributed by atoms with Crippen LogP contribution in [0.3, 0.4) is 0 Å². The van der Waals surface area contributed by atoms with Crippen LogP contribution in [0.5, 0.6) is 0 Å². The number of nitrogens with one attached hydrogen (secondary N) is 2. The number of nitrogens with zero attached hydrogens (tertiary/aromatic N) is 2. The number of thiophene rings is 1. The minimum absolute atomic E-state index is 0.123. The molecule has 1 aliphatic rings. The van der Waals surface area contributed by atoms with Crippen molar-refractivity contribution in [1.82, 2.24) is 15.1 Å². The Labute approximate surface area is 154 Å². The van der Waals surface area contributed by atoms with Crippen LogP contribution in [0.2, 0.25) is 5.02 Å². The Balaban J connectivity index is 1.55. The zero-order chi connectivity index (χ0) is 17.4. The second-order valence-electron chi connectivity index (χ2n) is 6.03. The van der Waals surface area contributed by atoms with Gasteiger partial charge in [0.2, 0.25) is 0 Å². The number of hydrogen-bond donors (Lipinski definition) is 2. The van der Waals surface area contributed by atoms with Gasteiger partial charge in [-0.25, -0.2) is 4.79 Å². The number of carbonyl (C=O) groups excluding carboxylic acids is 1. The van der Waals surface area contributed by atoms with Crippen LogP contribution in [0.1, 0.15) is 16.1 Å². The lowest BCUT2D eigenvalue weighted by molar-refractivity contribution is 0.206. The van der Waals surface area contributed by atoms with E-state index in [-0.39, 0.29) is 6.03 Å². The Kier molecular flexibility index (Phi) is 4.23. The van der Waals surface area contributed by atoms with Crippen molar-refractivity contribution in [2.75, 3.05) is 11.9 Å². The van der Waals surface area contributed by atoms with Gasteiger partial charge in [0.1, 0.15) is 0 Å². The maximum Gasteiger partial charge on any atom is 0.322 e. The zero-order valence-electron chi connectivity index (χ0n) is 13.7. The molecule has 128 valence electrons. The van der Waals surface area contributed by atoms with Gasteiger partial charge in [0.15, 0.2) is 0 Å². The summed E-state index contributed by atoms with van der Waals surface area (Å²) >= 11 is 7.69. The zero-order valence-corrected chi connectivity index (χ0v) is 15.2. The summed E-state index contributed by atoms with van der Waals surface area (Å²) in [6.07, 6.45) is 0.772. The Morgan fingerprint density at radius 3 is 3.04 bits per heavy atom. The third kappa shape index (κ3) is 3.15. The highest BCUT2D eigenvalue weighted by Gasteiger charge is 2.26. The van der Waals surface area contributed by atoms with E-state index in [1.54, 1.807) is 23.5 Å². The minimum Gasteiger partial charge on any atom is -0.320 e. The van der Waals surface area contributed by atoms with Crippen LogP contribution >= 0.6 is 22.9 Å². The number of carbonyl (C=O) groups is 1. The average Bonchev–Trinajstić information content (AvgIpc) is 3.19. The van der Waals surface area contributed by atoms with Crippen molar-refractivity contribution in [1.29, 1.82) is 0 Å². The fourth-order valence-electron chi connectivity index (χ4n) is 3.09. The molecule has 0 fully saturated rings. The van der Waals surface area contributed by atoms with E-state index in [4.69, 9.17) is 11.6 Å². The van der Waals surface area contributed by atoms with Crippen LogP contribution in [-0.2, 0) is 13.0 Å². The minimum atomic E-state index is -0.123. The van der Waals surface area contributed by atoms with Gasteiger partial charge in [-0.1, -0.05) is 17.7 Å². The second kappa shape index (κ2) is 6.54. The molecule has 1 aliphatic heterocycles. The number of fused-ring (bicyclic) bond motifs is 1. The summed E-state index contributed by atoms with van der Waals surface area (Å²) in [4.78, 5) is 15.7. The molecule has 2 amide bonds. The van der Waals surface area contributed by atoms with Crippen LogP contribution in [0.15, 0.2) is 35.7 Å². The van der Waals surface area contributed by atoms with Gasteiger partial charge in [0, 0.05) is 45.4 Å². The van der Waals surface area contributed by atoms with Gasteiger partial charge in [-0.15, -0.1) is 11.3 Å². The van der Waals surface area contributed by atoms with Crippen LogP contribution in [-0.4, -0.2) is 27.7 Å². The second-order valence-corrected chi connectivity index (χ2v) is 7.59. The molecule has 0 saturated heterocycles. The third-order valence-electron chi connectivity index (χ3n) is 4.41. The number of aryl methyl sites for hydroxylation is 1. The largest absolute Gasteiger partial charge is 0.322 e. The lowest BCUT2D eigenvalue weighted by Crippen LogP contribution is -2.38. The summed E-state index contributed by atoms with van der Waals surface area (Å²) in [5.41, 5.74) is 5.01. The number of anilines is 1. The molecule has 7 heteroatoms.